The smallest absolute Gasteiger partial charge is 0.329 e. The molecule has 0 bridgehead atoms. The van der Waals surface area contributed by atoms with Crippen LogP contribution in [0.3, 0.4) is 0 Å². The molecule has 0 radical (unpaired) electrons. The number of para-hydroxylation sites is 2. The maximum absolute atomic E-state index is 12.9. The van der Waals surface area contributed by atoms with Gasteiger partial charge in [0.15, 0.2) is 0 Å². The first-order valence-electron chi connectivity index (χ1n) is 8.71. The monoisotopic (exact) mass is 378 g/mol. The van der Waals surface area contributed by atoms with E-state index in [9.17, 15) is 14.4 Å². The molecule has 28 heavy (non-hydrogen) atoms. The Morgan fingerprint density at radius 1 is 1.18 bits per heavy atom. The van der Waals surface area contributed by atoms with Crippen molar-refractivity contribution in [3.63, 3.8) is 0 Å². The van der Waals surface area contributed by atoms with E-state index in [1.165, 1.54) is 17.7 Å². The van der Waals surface area contributed by atoms with E-state index in [0.29, 0.717) is 11.5 Å². The number of hydrogen-bond donors (Lipinski definition) is 3. The molecule has 142 valence electrons. The van der Waals surface area contributed by atoms with Gasteiger partial charge in [-0.25, -0.2) is 14.8 Å². The second kappa shape index (κ2) is 6.45. The lowest BCUT2D eigenvalue weighted by molar-refractivity contribution is 0.0940. The molecule has 4 rings (SSSR count). The number of nitrogens with one attached hydrogen (secondary N) is 3. The highest BCUT2D eigenvalue weighted by Crippen LogP contribution is 2.18. The van der Waals surface area contributed by atoms with Crippen LogP contribution < -0.4 is 16.6 Å². The fourth-order valence-corrected chi connectivity index (χ4v) is 3.16. The highest BCUT2D eigenvalue weighted by Gasteiger charge is 2.20. The summed E-state index contributed by atoms with van der Waals surface area (Å²) in [6.45, 7) is 3.50. The van der Waals surface area contributed by atoms with Gasteiger partial charge in [-0.2, -0.15) is 0 Å². The molecule has 1 amide bonds. The van der Waals surface area contributed by atoms with Crippen molar-refractivity contribution >= 4 is 28.0 Å². The van der Waals surface area contributed by atoms with E-state index >= 15 is 0 Å². The van der Waals surface area contributed by atoms with Crippen LogP contribution in [0.25, 0.3) is 22.1 Å². The van der Waals surface area contributed by atoms with Crippen molar-refractivity contribution in [2.45, 2.75) is 19.9 Å². The number of fused-ring (bicyclic) bond motifs is 2. The number of nitrogens with zero attached hydrogens (tertiary/aromatic N) is 3. The van der Waals surface area contributed by atoms with Crippen LogP contribution in [0.5, 0.6) is 0 Å². The van der Waals surface area contributed by atoms with E-state index in [1.54, 1.807) is 13.8 Å². The van der Waals surface area contributed by atoms with Crippen molar-refractivity contribution < 1.29 is 4.79 Å². The summed E-state index contributed by atoms with van der Waals surface area (Å²) in [6.07, 6.45) is 0. The van der Waals surface area contributed by atoms with Crippen LogP contribution in [0.2, 0.25) is 0 Å². The van der Waals surface area contributed by atoms with E-state index < -0.39 is 23.2 Å². The van der Waals surface area contributed by atoms with Crippen LogP contribution in [0, 0.1) is 6.92 Å². The number of amides is 1. The SMILES string of the molecule is Cc1cc(C(=O)NC(C)c2nc3ccccc3[nH]2)c2c(=O)[nH]c(=O)n(C)c2n1. The molecule has 0 aliphatic heterocycles. The third-order valence-corrected chi connectivity index (χ3v) is 4.61. The van der Waals surface area contributed by atoms with E-state index in [4.69, 9.17) is 0 Å². The topological polar surface area (TPSA) is 126 Å². The number of aromatic amines is 2. The van der Waals surface area contributed by atoms with Crippen LogP contribution in [0.15, 0.2) is 39.9 Å². The average molecular weight is 378 g/mol. The zero-order valence-corrected chi connectivity index (χ0v) is 15.5. The lowest BCUT2D eigenvalue weighted by Gasteiger charge is -2.13. The van der Waals surface area contributed by atoms with Crippen molar-refractivity contribution in [1.29, 1.82) is 0 Å². The molecule has 1 atom stereocenters. The third kappa shape index (κ3) is 2.86. The molecular weight excluding hydrogens is 360 g/mol. The zero-order valence-electron chi connectivity index (χ0n) is 15.5. The van der Waals surface area contributed by atoms with Crippen LogP contribution in [-0.2, 0) is 7.05 Å². The molecule has 3 N–H and O–H groups in total. The van der Waals surface area contributed by atoms with Crippen LogP contribution in [0.1, 0.15) is 34.8 Å². The molecule has 0 saturated carbocycles. The van der Waals surface area contributed by atoms with Gasteiger partial charge in [0, 0.05) is 12.7 Å². The summed E-state index contributed by atoms with van der Waals surface area (Å²) in [7, 11) is 1.49. The quantitative estimate of drug-likeness (QED) is 0.495. The zero-order chi connectivity index (χ0) is 20.0. The average Bonchev–Trinajstić information content (AvgIpc) is 3.09. The van der Waals surface area contributed by atoms with Gasteiger partial charge >= 0.3 is 5.69 Å². The van der Waals surface area contributed by atoms with Gasteiger partial charge in [0.1, 0.15) is 11.5 Å². The summed E-state index contributed by atoms with van der Waals surface area (Å²) in [5.41, 5.74) is 1.28. The number of imidazole rings is 1. The van der Waals surface area contributed by atoms with Gasteiger partial charge in [0.2, 0.25) is 0 Å². The summed E-state index contributed by atoms with van der Waals surface area (Å²) < 4.78 is 1.21. The molecule has 1 unspecified atom stereocenters. The molecule has 0 fully saturated rings. The number of aryl methyl sites for hydroxylation is 2. The number of benzene rings is 1. The minimum Gasteiger partial charge on any atom is -0.342 e. The second-order valence-electron chi connectivity index (χ2n) is 6.66. The number of rotatable bonds is 3. The van der Waals surface area contributed by atoms with E-state index in [-0.39, 0.29) is 16.6 Å². The number of carbonyl (C=O) groups excluding carboxylic acids is 1. The van der Waals surface area contributed by atoms with E-state index in [1.807, 2.05) is 24.3 Å². The van der Waals surface area contributed by atoms with Crippen molar-refractivity contribution in [3.8, 4) is 0 Å². The Kier molecular flexibility index (Phi) is 4.07. The summed E-state index contributed by atoms with van der Waals surface area (Å²) in [6, 6.07) is 8.68. The van der Waals surface area contributed by atoms with Gasteiger partial charge in [-0.05, 0) is 32.0 Å². The molecule has 3 heterocycles. The minimum absolute atomic E-state index is 0.0713. The Balaban J connectivity index is 1.75. The van der Waals surface area contributed by atoms with Crippen molar-refractivity contribution in [2.24, 2.45) is 7.05 Å². The molecule has 4 aromatic rings. The molecule has 0 spiro atoms. The highest BCUT2D eigenvalue weighted by atomic mass is 16.2. The Hall–Kier alpha value is -3.75. The van der Waals surface area contributed by atoms with Gasteiger partial charge in [-0.1, -0.05) is 12.1 Å². The molecule has 0 aliphatic rings. The fraction of sp³-hybridized carbons (Fsp3) is 0.211. The van der Waals surface area contributed by atoms with Crippen LogP contribution >= 0.6 is 0 Å². The number of hydrogen-bond acceptors (Lipinski definition) is 5. The Labute approximate surface area is 158 Å². The predicted octanol–water partition coefficient (Wildman–Crippen LogP) is 1.30. The number of pyridine rings is 1. The standard InChI is InChI=1S/C19H18N6O3/c1-9-8-11(14-16(20-9)25(3)19(28)24-18(14)27)17(26)21-10(2)15-22-12-6-4-5-7-13(12)23-15/h4-8,10H,1-3H3,(H,21,26)(H,22,23)(H,24,27,28). The Morgan fingerprint density at radius 2 is 1.93 bits per heavy atom. The number of carbonyl (C=O) groups is 1. The molecule has 1 aromatic carbocycles. The summed E-state index contributed by atoms with van der Waals surface area (Å²) in [5, 5.41) is 2.92. The third-order valence-electron chi connectivity index (χ3n) is 4.61. The molecule has 9 nitrogen and oxygen atoms in total. The first-order valence-corrected chi connectivity index (χ1v) is 8.71. The van der Waals surface area contributed by atoms with Crippen molar-refractivity contribution in [3.05, 3.63) is 68.3 Å². The van der Waals surface area contributed by atoms with Crippen LogP contribution in [0.4, 0.5) is 0 Å². The maximum atomic E-state index is 12.9. The fourth-order valence-electron chi connectivity index (χ4n) is 3.16. The van der Waals surface area contributed by atoms with Crippen molar-refractivity contribution in [2.75, 3.05) is 0 Å². The largest absolute Gasteiger partial charge is 0.342 e. The van der Waals surface area contributed by atoms with Gasteiger partial charge in [-0.15, -0.1) is 0 Å². The number of H-pyrrole nitrogens is 2. The minimum atomic E-state index is -0.646. The maximum Gasteiger partial charge on any atom is 0.329 e. The van der Waals surface area contributed by atoms with E-state index in [0.717, 1.165) is 11.0 Å². The molecule has 0 aliphatic carbocycles. The predicted molar refractivity (Wildman–Crippen MR) is 104 cm³/mol. The molecular formula is C19H18N6O3. The van der Waals surface area contributed by atoms with Gasteiger partial charge < -0.3 is 10.3 Å². The van der Waals surface area contributed by atoms with Crippen molar-refractivity contribution in [1.82, 2.24) is 29.8 Å². The Morgan fingerprint density at radius 3 is 2.68 bits per heavy atom. The molecule has 9 heteroatoms. The lowest BCUT2D eigenvalue weighted by atomic mass is 10.1. The summed E-state index contributed by atoms with van der Waals surface area (Å²) >= 11 is 0. The summed E-state index contributed by atoms with van der Waals surface area (Å²) in [4.78, 5) is 51.3. The van der Waals surface area contributed by atoms with Crippen LogP contribution in [-0.4, -0.2) is 30.4 Å². The first kappa shape index (κ1) is 17.7. The highest BCUT2D eigenvalue weighted by molar-refractivity contribution is 6.05. The Bertz CT molecular complexity index is 1310. The first-order chi connectivity index (χ1) is 13.3. The molecule has 3 aromatic heterocycles. The summed E-state index contributed by atoms with van der Waals surface area (Å²) in [5.74, 6) is 0.151. The second-order valence-corrected chi connectivity index (χ2v) is 6.66. The lowest BCUT2D eigenvalue weighted by Crippen LogP contribution is -2.33. The van der Waals surface area contributed by atoms with Gasteiger partial charge in [0.25, 0.3) is 11.5 Å². The van der Waals surface area contributed by atoms with E-state index in [2.05, 4.69) is 25.3 Å². The van der Waals surface area contributed by atoms with Gasteiger partial charge in [-0.3, -0.25) is 19.1 Å². The normalized spacial score (nSPS) is 12.4. The molecule has 0 saturated heterocycles. The number of aromatic nitrogens is 5. The van der Waals surface area contributed by atoms with Gasteiger partial charge in [0.05, 0.1) is 28.0 Å².